The van der Waals surface area contributed by atoms with Crippen LogP contribution in [-0.2, 0) is 24.0 Å². The topological polar surface area (TPSA) is 55.4 Å². The van der Waals surface area contributed by atoms with Crippen LogP contribution in [0.4, 0.5) is 0 Å². The van der Waals surface area contributed by atoms with E-state index in [0.717, 1.165) is 35.3 Å². The molecule has 2 fully saturated rings. The first kappa shape index (κ1) is 44.1. The average Bonchev–Trinajstić information content (AvgIpc) is 3.84. The molecule has 2 aliphatic heterocycles. The second kappa shape index (κ2) is 17.2. The monoisotopic (exact) mass is 825 g/mol. The fourth-order valence-corrected chi connectivity index (χ4v) is 9.81. The summed E-state index contributed by atoms with van der Waals surface area (Å²) >= 11 is 0. The van der Waals surface area contributed by atoms with Gasteiger partial charge >= 0.3 is 14.2 Å². The molecule has 0 bridgehead atoms. The van der Waals surface area contributed by atoms with Crippen LogP contribution in [0, 0.1) is 0 Å². The lowest BCUT2D eigenvalue weighted by molar-refractivity contribution is 0.00578. The largest absolute Gasteiger partial charge is 0.494 e. The van der Waals surface area contributed by atoms with Crippen molar-refractivity contribution in [1.29, 1.82) is 0 Å². The molecular formula is C53H70B2O6. The third-order valence-electron chi connectivity index (χ3n) is 14.8. The van der Waals surface area contributed by atoms with Crippen LogP contribution < -0.4 is 20.4 Å². The van der Waals surface area contributed by atoms with Gasteiger partial charge in [0.25, 0.3) is 0 Å². The SMILES string of the molecule is CCCCCCCCOc1ccc2c(c1)-c1cc(OCCCCCCCC)ccc1C21c2cc(B3OC(C)(C)C(C)(C)O3)ccc2-c2ccc(B3OC(C)(C)C(C)(C)O3)cc21. The van der Waals surface area contributed by atoms with Crippen LogP contribution in [0.15, 0.2) is 72.8 Å². The minimum absolute atomic E-state index is 0.459. The Bertz CT molecular complexity index is 2020. The van der Waals surface area contributed by atoms with Gasteiger partial charge in [-0.05, 0) is 148 Å². The van der Waals surface area contributed by atoms with E-state index in [9.17, 15) is 0 Å². The summed E-state index contributed by atoms with van der Waals surface area (Å²) in [4.78, 5) is 0. The van der Waals surface area contributed by atoms with Crippen molar-refractivity contribution in [1.82, 2.24) is 0 Å². The first-order valence-electron chi connectivity index (χ1n) is 23.7. The smallest absolute Gasteiger partial charge is 0.494 e. The van der Waals surface area contributed by atoms with Gasteiger partial charge < -0.3 is 28.1 Å². The van der Waals surface area contributed by atoms with E-state index >= 15 is 0 Å². The summed E-state index contributed by atoms with van der Waals surface area (Å²) in [6, 6.07) is 27.3. The van der Waals surface area contributed by atoms with Crippen molar-refractivity contribution in [2.24, 2.45) is 0 Å². The van der Waals surface area contributed by atoms with E-state index in [2.05, 4.69) is 142 Å². The Kier molecular flexibility index (Phi) is 12.4. The molecule has 2 aliphatic carbocycles. The normalized spacial score (nSPS) is 19.2. The summed E-state index contributed by atoms with van der Waals surface area (Å²) in [7, 11) is -0.987. The molecule has 8 rings (SSSR count). The predicted octanol–water partition coefficient (Wildman–Crippen LogP) is 12.1. The van der Waals surface area contributed by atoms with E-state index < -0.39 is 42.1 Å². The standard InChI is InChI=1S/C53H70B2O6/c1-11-13-15-17-19-21-31-56-39-25-29-45-43(35-39)44-36-40(57-32-22-20-18-16-14-12-2)26-30-46(44)53(45)47-33-37(54-58-49(3,4)50(5,6)59-54)23-27-41(47)42-28-24-38(34-48(42)53)55-60-51(7,8)52(9,10)61-55/h23-30,33-36H,11-22,31-32H2,1-10H3. The molecule has 0 amide bonds. The minimum atomic E-state index is -0.635. The molecule has 4 aromatic carbocycles. The van der Waals surface area contributed by atoms with E-state index in [0.29, 0.717) is 13.2 Å². The Morgan fingerprint density at radius 3 is 1.13 bits per heavy atom. The Hall–Kier alpha value is -3.55. The fraction of sp³-hybridized carbons (Fsp3) is 0.547. The average molecular weight is 825 g/mol. The molecule has 0 radical (unpaired) electrons. The highest BCUT2D eigenvalue weighted by Gasteiger charge is 2.56. The van der Waals surface area contributed by atoms with Crippen LogP contribution in [-0.4, -0.2) is 49.9 Å². The Morgan fingerprint density at radius 2 is 0.754 bits per heavy atom. The van der Waals surface area contributed by atoms with Gasteiger partial charge in [-0.3, -0.25) is 0 Å². The zero-order valence-electron chi connectivity index (χ0n) is 38.9. The second-order valence-corrected chi connectivity index (χ2v) is 20.2. The molecule has 61 heavy (non-hydrogen) atoms. The Balaban J connectivity index is 1.24. The van der Waals surface area contributed by atoms with Gasteiger partial charge in [-0.1, -0.05) is 127 Å². The quantitative estimate of drug-likeness (QED) is 0.0636. The van der Waals surface area contributed by atoms with Gasteiger partial charge in [0, 0.05) is 0 Å². The summed E-state index contributed by atoms with van der Waals surface area (Å²) in [6.45, 7) is 22.9. The molecule has 0 aromatic heterocycles. The molecule has 4 aromatic rings. The third-order valence-corrected chi connectivity index (χ3v) is 14.8. The van der Waals surface area contributed by atoms with Crippen LogP contribution in [0.3, 0.4) is 0 Å². The lowest BCUT2D eigenvalue weighted by Crippen LogP contribution is -2.41. The van der Waals surface area contributed by atoms with E-state index in [1.165, 1.54) is 109 Å². The van der Waals surface area contributed by atoms with Gasteiger partial charge in [-0.25, -0.2) is 0 Å². The fourth-order valence-electron chi connectivity index (χ4n) is 9.81. The lowest BCUT2D eigenvalue weighted by atomic mass is 9.67. The predicted molar refractivity (Wildman–Crippen MR) is 252 cm³/mol. The van der Waals surface area contributed by atoms with Gasteiger partial charge in [-0.15, -0.1) is 0 Å². The molecule has 8 heteroatoms. The number of hydrogen-bond acceptors (Lipinski definition) is 6. The van der Waals surface area contributed by atoms with Crippen LogP contribution in [0.5, 0.6) is 11.5 Å². The van der Waals surface area contributed by atoms with E-state index in [-0.39, 0.29) is 0 Å². The summed E-state index contributed by atoms with van der Waals surface area (Å²) in [5.41, 5.74) is 9.27. The van der Waals surface area contributed by atoms with Crippen molar-refractivity contribution < 1.29 is 28.1 Å². The van der Waals surface area contributed by atoms with E-state index in [1.807, 2.05) is 0 Å². The van der Waals surface area contributed by atoms with Crippen molar-refractivity contribution in [2.45, 2.75) is 174 Å². The molecule has 2 heterocycles. The summed E-state index contributed by atoms with van der Waals surface area (Å²) in [5.74, 6) is 1.81. The Morgan fingerprint density at radius 1 is 0.393 bits per heavy atom. The number of ether oxygens (including phenoxy) is 2. The lowest BCUT2D eigenvalue weighted by Gasteiger charge is -2.32. The maximum atomic E-state index is 6.69. The van der Waals surface area contributed by atoms with Gasteiger partial charge in [-0.2, -0.15) is 0 Å². The summed E-state index contributed by atoms with van der Waals surface area (Å²) in [6.07, 6.45) is 14.8. The molecular weight excluding hydrogens is 754 g/mol. The van der Waals surface area contributed by atoms with Gasteiger partial charge in [0.2, 0.25) is 0 Å². The minimum Gasteiger partial charge on any atom is -0.494 e. The summed E-state index contributed by atoms with van der Waals surface area (Å²) in [5, 5.41) is 0. The molecule has 2 saturated heterocycles. The van der Waals surface area contributed by atoms with Crippen molar-refractivity contribution in [3.05, 3.63) is 95.1 Å². The Labute approximate surface area is 368 Å². The van der Waals surface area contributed by atoms with Crippen molar-refractivity contribution >= 4 is 25.2 Å². The third kappa shape index (κ3) is 8.02. The van der Waals surface area contributed by atoms with E-state index in [4.69, 9.17) is 28.1 Å². The van der Waals surface area contributed by atoms with Crippen molar-refractivity contribution in [3.8, 4) is 33.8 Å². The maximum Gasteiger partial charge on any atom is 0.494 e. The van der Waals surface area contributed by atoms with Crippen molar-refractivity contribution in [2.75, 3.05) is 13.2 Å². The van der Waals surface area contributed by atoms with Gasteiger partial charge in [0.05, 0.1) is 41.0 Å². The number of fused-ring (bicyclic) bond motifs is 10. The molecule has 6 nitrogen and oxygen atoms in total. The highest BCUT2D eigenvalue weighted by molar-refractivity contribution is 6.62. The molecule has 1 spiro atoms. The number of unbranched alkanes of at least 4 members (excludes halogenated alkanes) is 10. The summed E-state index contributed by atoms with van der Waals surface area (Å²) < 4.78 is 39.9. The zero-order chi connectivity index (χ0) is 43.2. The molecule has 0 unspecified atom stereocenters. The zero-order valence-corrected chi connectivity index (χ0v) is 38.9. The van der Waals surface area contributed by atoms with Crippen LogP contribution in [0.1, 0.15) is 169 Å². The van der Waals surface area contributed by atoms with Gasteiger partial charge in [0.15, 0.2) is 0 Å². The van der Waals surface area contributed by atoms with Crippen LogP contribution >= 0.6 is 0 Å². The molecule has 4 aliphatic rings. The highest BCUT2D eigenvalue weighted by atomic mass is 16.7. The maximum absolute atomic E-state index is 6.69. The second-order valence-electron chi connectivity index (χ2n) is 20.2. The molecule has 0 saturated carbocycles. The van der Waals surface area contributed by atoms with Crippen LogP contribution in [0.25, 0.3) is 22.3 Å². The van der Waals surface area contributed by atoms with Crippen LogP contribution in [0.2, 0.25) is 0 Å². The molecule has 0 N–H and O–H groups in total. The number of rotatable bonds is 18. The van der Waals surface area contributed by atoms with Crippen molar-refractivity contribution in [3.63, 3.8) is 0 Å². The molecule has 0 atom stereocenters. The highest BCUT2D eigenvalue weighted by Crippen LogP contribution is 2.63. The number of benzene rings is 4. The first-order chi connectivity index (χ1) is 29.1. The van der Waals surface area contributed by atoms with Gasteiger partial charge in [0.1, 0.15) is 11.5 Å². The molecule has 324 valence electrons. The van der Waals surface area contributed by atoms with E-state index in [1.54, 1.807) is 0 Å². The number of hydrogen-bond donors (Lipinski definition) is 0. The first-order valence-corrected chi connectivity index (χ1v) is 23.7.